The fourth-order valence-corrected chi connectivity index (χ4v) is 3.55. The number of nitrogens with one attached hydrogen (secondary N) is 1. The minimum absolute atomic E-state index is 0.268. The molecule has 0 aliphatic heterocycles. The molecule has 3 aromatic rings. The van der Waals surface area contributed by atoms with E-state index in [1.807, 2.05) is 24.3 Å². The topological polar surface area (TPSA) is 175 Å². The lowest BCUT2D eigenvalue weighted by atomic mass is 10.0. The molecule has 1 amide bonds. The Bertz CT molecular complexity index is 1260. The number of carbonyl (C=O) groups excluding carboxylic acids is 3. The number of nitrogens with zero attached hydrogens (tertiary/aromatic N) is 1. The summed E-state index contributed by atoms with van der Waals surface area (Å²) in [6.07, 6.45) is 5.50. The zero-order valence-electron chi connectivity index (χ0n) is 18.8. The normalized spacial score (nSPS) is 10.6. The van der Waals surface area contributed by atoms with E-state index in [0.29, 0.717) is 11.1 Å². The Kier molecular flexibility index (Phi) is 7.95. The van der Waals surface area contributed by atoms with E-state index in [1.165, 1.54) is 12.3 Å². The number of unbranched alkanes of at least 4 members (excludes halogenated alkanes) is 2. The highest BCUT2D eigenvalue weighted by Crippen LogP contribution is 2.33. The van der Waals surface area contributed by atoms with Crippen molar-refractivity contribution < 1.29 is 33.6 Å². The van der Waals surface area contributed by atoms with Crippen LogP contribution in [-0.4, -0.2) is 27.9 Å². The minimum Gasteiger partial charge on any atom is -0.502 e. The highest BCUT2D eigenvalue weighted by atomic mass is 16.6. The summed E-state index contributed by atoms with van der Waals surface area (Å²) in [7, 11) is 0. The zero-order chi connectivity index (χ0) is 25.5. The lowest BCUT2D eigenvalue weighted by molar-refractivity contribution is -0.386. The van der Waals surface area contributed by atoms with Crippen LogP contribution in [0.3, 0.4) is 0 Å². The molecule has 0 aliphatic rings. The standard InChI is InChI=1S/C24H23N3O8/c1-2-3-4-5-14-6-8-15(9-7-14)16-12-13-34-21(16)24(31)35-23(30)17-10-11-18(28)20(27(32)33)19(17)22(29)26-25/h6-13,28H,2-5,25H2,1H3,(H,26,29). The average Bonchev–Trinajstić information content (AvgIpc) is 3.33. The number of nitro groups is 1. The lowest BCUT2D eigenvalue weighted by Gasteiger charge is -2.09. The molecule has 0 bridgehead atoms. The predicted octanol–water partition coefficient (Wildman–Crippen LogP) is 3.89. The molecular formula is C24H23N3O8. The van der Waals surface area contributed by atoms with Gasteiger partial charge >= 0.3 is 17.6 Å². The van der Waals surface area contributed by atoms with Crippen molar-refractivity contribution in [3.8, 4) is 16.9 Å². The number of ether oxygens (including phenoxy) is 1. The van der Waals surface area contributed by atoms with Gasteiger partial charge in [-0.25, -0.2) is 15.4 Å². The van der Waals surface area contributed by atoms with E-state index >= 15 is 0 Å². The van der Waals surface area contributed by atoms with Crippen LogP contribution in [-0.2, 0) is 11.2 Å². The molecule has 0 saturated carbocycles. The van der Waals surface area contributed by atoms with Gasteiger partial charge in [-0.3, -0.25) is 20.3 Å². The van der Waals surface area contributed by atoms with Crippen molar-refractivity contribution in [1.82, 2.24) is 5.43 Å². The Hall–Kier alpha value is -4.51. The number of nitrogen functional groups attached to an aromatic ring is 1. The van der Waals surface area contributed by atoms with Crippen molar-refractivity contribution in [2.24, 2.45) is 5.84 Å². The number of phenols is 1. The second-order valence-corrected chi connectivity index (χ2v) is 7.58. The molecule has 0 spiro atoms. The van der Waals surface area contributed by atoms with Gasteiger partial charge in [-0.2, -0.15) is 0 Å². The number of furan rings is 1. The van der Waals surface area contributed by atoms with E-state index < -0.39 is 45.3 Å². The lowest BCUT2D eigenvalue weighted by Crippen LogP contribution is -2.32. The molecular weight excluding hydrogens is 458 g/mol. The van der Waals surface area contributed by atoms with Crippen molar-refractivity contribution in [3.63, 3.8) is 0 Å². The molecule has 0 aliphatic carbocycles. The van der Waals surface area contributed by atoms with Gasteiger partial charge in [-0.05, 0) is 42.2 Å². The monoisotopic (exact) mass is 481 g/mol. The molecule has 0 unspecified atom stereocenters. The number of hydrazine groups is 1. The maximum atomic E-state index is 12.7. The molecule has 0 atom stereocenters. The SMILES string of the molecule is CCCCCc1ccc(-c2ccoc2C(=O)OC(=O)c2ccc(O)c([N+](=O)[O-])c2C(=O)NN)cc1. The van der Waals surface area contributed by atoms with Gasteiger partial charge in [0, 0.05) is 5.56 Å². The van der Waals surface area contributed by atoms with E-state index in [0.717, 1.165) is 43.4 Å². The van der Waals surface area contributed by atoms with E-state index in [2.05, 4.69) is 6.92 Å². The molecule has 35 heavy (non-hydrogen) atoms. The van der Waals surface area contributed by atoms with Gasteiger partial charge in [-0.1, -0.05) is 44.0 Å². The number of aryl methyl sites for hydroxylation is 1. The molecule has 1 aromatic heterocycles. The summed E-state index contributed by atoms with van der Waals surface area (Å²) >= 11 is 0. The average molecular weight is 481 g/mol. The number of benzene rings is 2. The van der Waals surface area contributed by atoms with Crippen molar-refractivity contribution in [2.45, 2.75) is 32.6 Å². The Labute approximate surface area is 199 Å². The molecule has 2 aromatic carbocycles. The first-order valence-electron chi connectivity index (χ1n) is 10.7. The summed E-state index contributed by atoms with van der Waals surface area (Å²) in [5.74, 6) is 0.150. The molecule has 4 N–H and O–H groups in total. The molecule has 0 saturated heterocycles. The Morgan fingerprint density at radius 1 is 1.09 bits per heavy atom. The van der Waals surface area contributed by atoms with Crippen LogP contribution in [0.2, 0.25) is 0 Å². The van der Waals surface area contributed by atoms with Gasteiger partial charge in [0.1, 0.15) is 5.56 Å². The van der Waals surface area contributed by atoms with Crippen molar-refractivity contribution in [3.05, 3.63) is 81.3 Å². The van der Waals surface area contributed by atoms with E-state index in [1.54, 1.807) is 5.43 Å². The maximum Gasteiger partial charge on any atom is 0.382 e. The number of aromatic hydroxyl groups is 1. The van der Waals surface area contributed by atoms with Crippen molar-refractivity contribution in [1.29, 1.82) is 0 Å². The first kappa shape index (κ1) is 25.1. The van der Waals surface area contributed by atoms with Gasteiger partial charge in [0.2, 0.25) is 5.76 Å². The van der Waals surface area contributed by atoms with Gasteiger partial charge < -0.3 is 14.3 Å². The van der Waals surface area contributed by atoms with Gasteiger partial charge in [0.25, 0.3) is 5.91 Å². The predicted molar refractivity (Wildman–Crippen MR) is 124 cm³/mol. The van der Waals surface area contributed by atoms with E-state index in [4.69, 9.17) is 15.0 Å². The third kappa shape index (κ3) is 5.53. The van der Waals surface area contributed by atoms with Crippen LogP contribution in [0.4, 0.5) is 5.69 Å². The molecule has 3 rings (SSSR count). The molecule has 0 radical (unpaired) electrons. The highest BCUT2D eigenvalue weighted by molar-refractivity contribution is 6.12. The molecule has 11 heteroatoms. The minimum atomic E-state index is -1.37. The van der Waals surface area contributed by atoms with Crippen LogP contribution in [0.15, 0.2) is 53.1 Å². The first-order chi connectivity index (χ1) is 16.8. The van der Waals surface area contributed by atoms with Gasteiger partial charge in [0.15, 0.2) is 5.75 Å². The number of rotatable bonds is 9. The zero-order valence-corrected chi connectivity index (χ0v) is 18.8. The number of hydrogen-bond acceptors (Lipinski definition) is 9. The van der Waals surface area contributed by atoms with Crippen LogP contribution in [0, 0.1) is 10.1 Å². The van der Waals surface area contributed by atoms with Crippen LogP contribution < -0.4 is 11.3 Å². The third-order valence-electron chi connectivity index (χ3n) is 5.29. The fraction of sp³-hybridized carbons (Fsp3) is 0.208. The number of hydrogen-bond donors (Lipinski definition) is 3. The highest BCUT2D eigenvalue weighted by Gasteiger charge is 2.33. The van der Waals surface area contributed by atoms with Crippen LogP contribution in [0.1, 0.15) is 63.0 Å². The molecule has 11 nitrogen and oxygen atoms in total. The quantitative estimate of drug-likeness (QED) is 0.0778. The largest absolute Gasteiger partial charge is 0.502 e. The van der Waals surface area contributed by atoms with E-state index in [-0.39, 0.29) is 5.76 Å². The summed E-state index contributed by atoms with van der Waals surface area (Å²) in [5, 5.41) is 21.1. The van der Waals surface area contributed by atoms with E-state index in [9.17, 15) is 29.6 Å². The maximum absolute atomic E-state index is 12.7. The summed E-state index contributed by atoms with van der Waals surface area (Å²) in [5.41, 5.74) is 1.28. The Morgan fingerprint density at radius 2 is 1.80 bits per heavy atom. The number of nitrogens with two attached hydrogens (primary N) is 1. The van der Waals surface area contributed by atoms with Gasteiger partial charge in [0.05, 0.1) is 16.7 Å². The molecule has 182 valence electrons. The summed E-state index contributed by atoms with van der Waals surface area (Å²) in [4.78, 5) is 47.8. The number of esters is 2. The second kappa shape index (κ2) is 11.1. The number of phenolic OH excluding ortho intramolecular Hbond substituents is 1. The number of amides is 1. The second-order valence-electron chi connectivity index (χ2n) is 7.58. The number of nitro benzene ring substituents is 1. The van der Waals surface area contributed by atoms with Gasteiger partial charge in [-0.15, -0.1) is 0 Å². The summed E-state index contributed by atoms with van der Waals surface area (Å²) in [6.45, 7) is 2.13. The fourth-order valence-electron chi connectivity index (χ4n) is 3.55. The summed E-state index contributed by atoms with van der Waals surface area (Å²) < 4.78 is 10.1. The van der Waals surface area contributed by atoms with Crippen LogP contribution in [0.5, 0.6) is 5.75 Å². The first-order valence-corrected chi connectivity index (χ1v) is 10.7. The summed E-state index contributed by atoms with van der Waals surface area (Å²) in [6, 6.07) is 10.8. The van der Waals surface area contributed by atoms with Crippen molar-refractivity contribution in [2.75, 3.05) is 0 Å². The van der Waals surface area contributed by atoms with Crippen molar-refractivity contribution >= 4 is 23.5 Å². The third-order valence-corrected chi connectivity index (χ3v) is 5.29. The molecule has 1 heterocycles. The van der Waals surface area contributed by atoms with Crippen LogP contribution in [0.25, 0.3) is 11.1 Å². The van der Waals surface area contributed by atoms with Crippen LogP contribution >= 0.6 is 0 Å². The Balaban J connectivity index is 1.86. The number of carbonyl (C=O) groups is 3. The molecule has 0 fully saturated rings. The smallest absolute Gasteiger partial charge is 0.382 e. The Morgan fingerprint density at radius 3 is 2.43 bits per heavy atom.